The number of hydrogen-bond donors (Lipinski definition) is 0. The highest BCUT2D eigenvalue weighted by Crippen LogP contribution is 2.23. The lowest BCUT2D eigenvalue weighted by Gasteiger charge is -1.99. The normalized spacial score (nSPS) is 10.4. The van der Waals surface area contributed by atoms with E-state index in [0.717, 1.165) is 5.16 Å². The van der Waals surface area contributed by atoms with Gasteiger partial charge in [-0.1, -0.05) is 6.07 Å². The Kier molecular flexibility index (Phi) is 2.49. The molecule has 0 radical (unpaired) electrons. The van der Waals surface area contributed by atoms with E-state index in [2.05, 4.69) is 9.97 Å². The molecule has 0 unspecified atom stereocenters. The highest BCUT2D eigenvalue weighted by atomic mass is 32.2. The molecule has 0 aliphatic heterocycles. The Balaban J connectivity index is 2.23. The van der Waals surface area contributed by atoms with E-state index in [0.29, 0.717) is 5.03 Å². The van der Waals surface area contributed by atoms with E-state index in [1.54, 1.807) is 18.3 Å². The molecule has 0 bridgehead atoms. The fourth-order valence-electron chi connectivity index (χ4n) is 0.990. The van der Waals surface area contributed by atoms with Crippen LogP contribution in [0.15, 0.2) is 40.8 Å². The summed E-state index contributed by atoms with van der Waals surface area (Å²) in [5.74, 6) is -0.468. The summed E-state index contributed by atoms with van der Waals surface area (Å²) >= 11 is 1.34. The van der Waals surface area contributed by atoms with Gasteiger partial charge in [-0.3, -0.25) is 0 Å². The van der Waals surface area contributed by atoms with Crippen molar-refractivity contribution in [3.05, 3.63) is 36.5 Å². The van der Waals surface area contributed by atoms with Crippen molar-refractivity contribution in [3.8, 4) is 0 Å². The Hall–Kier alpha value is -1.36. The maximum Gasteiger partial charge on any atom is 0.213 e. The Morgan fingerprint density at radius 2 is 2.29 bits per heavy atom. The molecule has 0 amide bonds. The molecule has 2 aromatic heterocycles. The first-order chi connectivity index (χ1) is 6.75. The molecule has 0 aromatic carbocycles. The second-order valence-electron chi connectivity index (χ2n) is 2.72. The fraction of sp³-hybridized carbons (Fsp3) is 0.111. The molecule has 0 aliphatic carbocycles. The van der Waals surface area contributed by atoms with Gasteiger partial charge in [0.05, 0.1) is 0 Å². The van der Waals surface area contributed by atoms with Gasteiger partial charge in [0, 0.05) is 19.4 Å². The highest BCUT2D eigenvalue weighted by molar-refractivity contribution is 7.99. The second kappa shape index (κ2) is 3.79. The lowest BCUT2D eigenvalue weighted by atomic mass is 10.5. The summed E-state index contributed by atoms with van der Waals surface area (Å²) in [6.07, 6.45) is 3.53. The summed E-state index contributed by atoms with van der Waals surface area (Å²) in [5, 5.41) is 1.41. The van der Waals surface area contributed by atoms with Crippen LogP contribution in [0, 0.1) is 5.95 Å². The van der Waals surface area contributed by atoms with Crippen molar-refractivity contribution in [2.45, 2.75) is 10.2 Å². The van der Waals surface area contributed by atoms with Gasteiger partial charge in [-0.2, -0.15) is 4.39 Å². The van der Waals surface area contributed by atoms with Crippen LogP contribution in [0.4, 0.5) is 4.39 Å². The zero-order chi connectivity index (χ0) is 9.97. The Morgan fingerprint density at radius 1 is 1.43 bits per heavy atom. The number of aryl methyl sites for hydroxylation is 1. The molecule has 0 fully saturated rings. The number of aromatic nitrogens is 3. The highest BCUT2D eigenvalue weighted by Gasteiger charge is 2.03. The van der Waals surface area contributed by atoms with Crippen molar-refractivity contribution in [2.75, 3.05) is 0 Å². The van der Waals surface area contributed by atoms with E-state index in [9.17, 15) is 4.39 Å². The number of nitrogens with zero attached hydrogens (tertiary/aromatic N) is 3. The SMILES string of the molecule is Cn1ccnc1Sc1cccc(F)n1. The number of imidazole rings is 1. The van der Waals surface area contributed by atoms with Crippen LogP contribution in [0.5, 0.6) is 0 Å². The lowest BCUT2D eigenvalue weighted by Crippen LogP contribution is -1.90. The Morgan fingerprint density at radius 3 is 2.93 bits per heavy atom. The van der Waals surface area contributed by atoms with Gasteiger partial charge in [-0.05, 0) is 23.9 Å². The van der Waals surface area contributed by atoms with Crippen LogP contribution in [0.25, 0.3) is 0 Å². The van der Waals surface area contributed by atoms with Gasteiger partial charge < -0.3 is 4.57 Å². The summed E-state index contributed by atoms with van der Waals surface area (Å²) in [4.78, 5) is 7.84. The van der Waals surface area contributed by atoms with Gasteiger partial charge in [0.1, 0.15) is 5.03 Å². The molecular weight excluding hydrogens is 201 g/mol. The van der Waals surface area contributed by atoms with E-state index in [1.165, 1.54) is 17.8 Å². The molecule has 0 saturated heterocycles. The number of halogens is 1. The molecule has 3 nitrogen and oxygen atoms in total. The van der Waals surface area contributed by atoms with Gasteiger partial charge in [0.25, 0.3) is 0 Å². The summed E-state index contributed by atoms with van der Waals surface area (Å²) in [7, 11) is 1.88. The third kappa shape index (κ3) is 1.93. The van der Waals surface area contributed by atoms with Gasteiger partial charge in [0.15, 0.2) is 5.16 Å². The zero-order valence-electron chi connectivity index (χ0n) is 7.51. The first-order valence-electron chi connectivity index (χ1n) is 4.03. The molecule has 72 valence electrons. The predicted molar refractivity (Wildman–Crippen MR) is 51.5 cm³/mol. The number of pyridine rings is 1. The number of rotatable bonds is 2. The van der Waals surface area contributed by atoms with Crippen LogP contribution in [0.3, 0.4) is 0 Å². The summed E-state index contributed by atoms with van der Waals surface area (Å²) < 4.78 is 14.6. The van der Waals surface area contributed by atoms with Crippen LogP contribution >= 0.6 is 11.8 Å². The van der Waals surface area contributed by atoms with Crippen LogP contribution in [-0.4, -0.2) is 14.5 Å². The van der Waals surface area contributed by atoms with Gasteiger partial charge >= 0.3 is 0 Å². The Bertz CT molecular complexity index is 441. The summed E-state index contributed by atoms with van der Waals surface area (Å²) in [6, 6.07) is 4.71. The van der Waals surface area contributed by atoms with Crippen molar-refractivity contribution >= 4 is 11.8 Å². The molecular formula is C9H8FN3S. The van der Waals surface area contributed by atoms with Crippen molar-refractivity contribution in [2.24, 2.45) is 7.05 Å². The first-order valence-corrected chi connectivity index (χ1v) is 4.85. The zero-order valence-corrected chi connectivity index (χ0v) is 8.33. The molecule has 2 heterocycles. The largest absolute Gasteiger partial charge is 0.329 e. The van der Waals surface area contributed by atoms with E-state index in [-0.39, 0.29) is 0 Å². The van der Waals surface area contributed by atoms with E-state index < -0.39 is 5.95 Å². The molecule has 5 heteroatoms. The van der Waals surface area contributed by atoms with Gasteiger partial charge in [-0.15, -0.1) is 0 Å². The fourth-order valence-corrected chi connectivity index (χ4v) is 1.78. The molecule has 0 saturated carbocycles. The average molecular weight is 209 g/mol. The molecule has 2 rings (SSSR count). The summed E-state index contributed by atoms with van der Waals surface area (Å²) in [5.41, 5.74) is 0. The van der Waals surface area contributed by atoms with E-state index in [4.69, 9.17) is 0 Å². The maximum absolute atomic E-state index is 12.7. The average Bonchev–Trinajstić information content (AvgIpc) is 2.52. The van der Waals surface area contributed by atoms with Gasteiger partial charge in [0.2, 0.25) is 5.95 Å². The molecule has 14 heavy (non-hydrogen) atoms. The molecule has 0 N–H and O–H groups in total. The van der Waals surface area contributed by atoms with E-state index >= 15 is 0 Å². The van der Waals surface area contributed by atoms with Crippen LogP contribution in [-0.2, 0) is 7.05 Å². The third-order valence-corrected chi connectivity index (χ3v) is 2.67. The predicted octanol–water partition coefficient (Wildman–Crippen LogP) is 2.11. The van der Waals surface area contributed by atoms with Crippen molar-refractivity contribution in [3.63, 3.8) is 0 Å². The monoisotopic (exact) mass is 209 g/mol. The van der Waals surface area contributed by atoms with Crippen molar-refractivity contribution < 1.29 is 4.39 Å². The second-order valence-corrected chi connectivity index (χ2v) is 3.71. The molecule has 2 aromatic rings. The van der Waals surface area contributed by atoms with Gasteiger partial charge in [-0.25, -0.2) is 9.97 Å². The van der Waals surface area contributed by atoms with Crippen molar-refractivity contribution in [1.82, 2.24) is 14.5 Å². The van der Waals surface area contributed by atoms with Crippen LogP contribution < -0.4 is 0 Å². The topological polar surface area (TPSA) is 30.7 Å². The maximum atomic E-state index is 12.7. The quantitative estimate of drug-likeness (QED) is 0.710. The van der Waals surface area contributed by atoms with Crippen LogP contribution in [0.2, 0.25) is 0 Å². The minimum absolute atomic E-state index is 0.468. The molecule has 0 spiro atoms. The number of hydrogen-bond acceptors (Lipinski definition) is 3. The van der Waals surface area contributed by atoms with Crippen LogP contribution in [0.1, 0.15) is 0 Å². The standard InChI is InChI=1S/C9H8FN3S/c1-13-6-5-11-9(13)14-8-4-2-3-7(10)12-8/h2-6H,1H3. The molecule has 0 atom stereocenters. The molecule has 0 aliphatic rings. The lowest BCUT2D eigenvalue weighted by molar-refractivity contribution is 0.572. The minimum atomic E-state index is -0.468. The summed E-state index contributed by atoms with van der Waals surface area (Å²) in [6.45, 7) is 0. The van der Waals surface area contributed by atoms with Crippen molar-refractivity contribution in [1.29, 1.82) is 0 Å². The minimum Gasteiger partial charge on any atom is -0.329 e. The first kappa shape index (κ1) is 9.21. The van der Waals surface area contributed by atoms with E-state index in [1.807, 2.05) is 17.8 Å². The smallest absolute Gasteiger partial charge is 0.213 e. The Labute approximate surface area is 85.0 Å². The third-order valence-electron chi connectivity index (χ3n) is 1.66.